The lowest BCUT2D eigenvalue weighted by atomic mass is 10.0. The molecule has 2 fully saturated rings. The van der Waals surface area contributed by atoms with Gasteiger partial charge in [-0.15, -0.1) is 0 Å². The number of nitrogens with zero attached hydrogens (tertiary/aromatic N) is 4. The average Bonchev–Trinajstić information content (AvgIpc) is 3.29. The molecular formula is C16H22N4O2. The highest BCUT2D eigenvalue weighted by molar-refractivity contribution is 5.44. The molecule has 2 aliphatic rings. The third-order valence-electron chi connectivity index (χ3n) is 4.71. The Balaban J connectivity index is 1.38. The predicted molar refractivity (Wildman–Crippen MR) is 81.1 cm³/mol. The Bertz CT molecular complexity index is 589. The fourth-order valence-corrected chi connectivity index (χ4v) is 3.60. The summed E-state index contributed by atoms with van der Waals surface area (Å²) in [4.78, 5) is 9.53. The van der Waals surface area contributed by atoms with Crippen LogP contribution in [0.1, 0.15) is 31.6 Å². The van der Waals surface area contributed by atoms with Crippen molar-refractivity contribution in [2.75, 3.05) is 26.2 Å². The van der Waals surface area contributed by atoms with Gasteiger partial charge in [-0.05, 0) is 57.5 Å². The van der Waals surface area contributed by atoms with E-state index in [9.17, 15) is 0 Å². The van der Waals surface area contributed by atoms with E-state index < -0.39 is 0 Å². The molecule has 4 heterocycles. The third kappa shape index (κ3) is 2.94. The topological polar surface area (TPSA) is 58.5 Å². The van der Waals surface area contributed by atoms with E-state index in [0.29, 0.717) is 23.5 Å². The third-order valence-corrected chi connectivity index (χ3v) is 4.71. The van der Waals surface area contributed by atoms with Gasteiger partial charge in [0.15, 0.2) is 5.76 Å². The van der Waals surface area contributed by atoms with E-state index in [4.69, 9.17) is 8.94 Å². The molecule has 1 atom stereocenters. The summed E-state index contributed by atoms with van der Waals surface area (Å²) in [6.45, 7) is 5.49. The lowest BCUT2D eigenvalue weighted by Crippen LogP contribution is -2.46. The Hall–Kier alpha value is -1.66. The molecule has 22 heavy (non-hydrogen) atoms. The number of likely N-dealkylation sites (tertiary alicyclic amines) is 2. The van der Waals surface area contributed by atoms with Crippen molar-refractivity contribution in [2.24, 2.45) is 0 Å². The molecule has 2 aliphatic heterocycles. The molecular weight excluding hydrogens is 280 g/mol. The monoisotopic (exact) mass is 302 g/mol. The van der Waals surface area contributed by atoms with Crippen LogP contribution in [0.2, 0.25) is 0 Å². The maximum absolute atomic E-state index is 5.38. The molecule has 0 amide bonds. The van der Waals surface area contributed by atoms with E-state index in [2.05, 4.69) is 19.9 Å². The maximum Gasteiger partial charge on any atom is 0.241 e. The van der Waals surface area contributed by atoms with Crippen molar-refractivity contribution >= 4 is 0 Å². The van der Waals surface area contributed by atoms with E-state index in [-0.39, 0.29) is 0 Å². The molecule has 0 bridgehead atoms. The van der Waals surface area contributed by atoms with Gasteiger partial charge in [-0.1, -0.05) is 5.16 Å². The summed E-state index contributed by atoms with van der Waals surface area (Å²) < 4.78 is 10.7. The molecule has 0 N–H and O–H groups in total. The van der Waals surface area contributed by atoms with Gasteiger partial charge < -0.3 is 8.94 Å². The summed E-state index contributed by atoms with van der Waals surface area (Å²) in [7, 11) is 0. The second-order valence-electron chi connectivity index (χ2n) is 6.26. The highest BCUT2D eigenvalue weighted by atomic mass is 16.5. The second-order valence-corrected chi connectivity index (χ2v) is 6.26. The minimum atomic E-state index is 0.535. The Morgan fingerprint density at radius 2 is 2.09 bits per heavy atom. The van der Waals surface area contributed by atoms with Crippen LogP contribution in [0.25, 0.3) is 11.6 Å². The van der Waals surface area contributed by atoms with Crippen molar-refractivity contribution in [1.29, 1.82) is 0 Å². The summed E-state index contributed by atoms with van der Waals surface area (Å²) in [5.41, 5.74) is 0. The molecule has 2 saturated heterocycles. The van der Waals surface area contributed by atoms with Gasteiger partial charge in [0.25, 0.3) is 0 Å². The molecule has 0 saturated carbocycles. The van der Waals surface area contributed by atoms with Crippen LogP contribution < -0.4 is 0 Å². The zero-order valence-corrected chi connectivity index (χ0v) is 12.8. The molecule has 6 heteroatoms. The molecule has 0 aliphatic carbocycles. The van der Waals surface area contributed by atoms with Crippen molar-refractivity contribution in [1.82, 2.24) is 19.9 Å². The smallest absolute Gasteiger partial charge is 0.241 e. The first-order valence-electron chi connectivity index (χ1n) is 8.21. The Morgan fingerprint density at radius 3 is 2.91 bits per heavy atom. The van der Waals surface area contributed by atoms with Crippen molar-refractivity contribution in [3.05, 3.63) is 24.3 Å². The van der Waals surface area contributed by atoms with Gasteiger partial charge >= 0.3 is 0 Å². The van der Waals surface area contributed by atoms with Crippen LogP contribution in [0, 0.1) is 0 Å². The summed E-state index contributed by atoms with van der Waals surface area (Å²) >= 11 is 0. The number of aromatic nitrogens is 2. The van der Waals surface area contributed by atoms with Gasteiger partial charge in [-0.25, -0.2) is 0 Å². The zero-order chi connectivity index (χ0) is 14.8. The Labute approximate surface area is 130 Å². The predicted octanol–water partition coefficient (Wildman–Crippen LogP) is 2.39. The van der Waals surface area contributed by atoms with Crippen LogP contribution >= 0.6 is 0 Å². The lowest BCUT2D eigenvalue weighted by molar-refractivity contribution is 0.102. The van der Waals surface area contributed by atoms with E-state index in [1.807, 2.05) is 12.1 Å². The number of hydrogen-bond donors (Lipinski definition) is 0. The first kappa shape index (κ1) is 14.0. The molecule has 6 nitrogen and oxygen atoms in total. The average molecular weight is 302 g/mol. The fourth-order valence-electron chi connectivity index (χ4n) is 3.60. The van der Waals surface area contributed by atoms with Gasteiger partial charge in [0, 0.05) is 12.6 Å². The van der Waals surface area contributed by atoms with E-state index in [0.717, 1.165) is 19.6 Å². The Kier molecular flexibility index (Phi) is 3.95. The van der Waals surface area contributed by atoms with Gasteiger partial charge in [0.05, 0.1) is 12.8 Å². The maximum atomic E-state index is 5.38. The van der Waals surface area contributed by atoms with Crippen LogP contribution in [0.4, 0.5) is 0 Å². The highest BCUT2D eigenvalue weighted by Crippen LogP contribution is 2.22. The molecule has 0 radical (unpaired) electrons. The Morgan fingerprint density at radius 1 is 1.18 bits per heavy atom. The largest absolute Gasteiger partial charge is 0.461 e. The zero-order valence-electron chi connectivity index (χ0n) is 12.8. The van der Waals surface area contributed by atoms with Crippen LogP contribution in [0.5, 0.6) is 0 Å². The SMILES string of the molecule is c1coc(-c2noc(CN3CCCC(N4CCCC4)C3)n2)c1. The first-order valence-corrected chi connectivity index (χ1v) is 8.21. The molecule has 0 spiro atoms. The van der Waals surface area contributed by atoms with Crippen molar-refractivity contribution in [3.8, 4) is 11.6 Å². The van der Waals surface area contributed by atoms with Crippen LogP contribution in [-0.2, 0) is 6.54 Å². The number of hydrogen-bond acceptors (Lipinski definition) is 6. The van der Waals surface area contributed by atoms with Gasteiger partial charge in [-0.2, -0.15) is 4.98 Å². The quantitative estimate of drug-likeness (QED) is 0.864. The summed E-state index contributed by atoms with van der Waals surface area (Å²) in [5, 5.41) is 4.00. The molecule has 2 aromatic heterocycles. The lowest BCUT2D eigenvalue weighted by Gasteiger charge is -2.36. The van der Waals surface area contributed by atoms with Crippen LogP contribution in [-0.4, -0.2) is 52.2 Å². The minimum absolute atomic E-state index is 0.535. The minimum Gasteiger partial charge on any atom is -0.461 e. The van der Waals surface area contributed by atoms with Gasteiger partial charge in [0.2, 0.25) is 11.7 Å². The molecule has 2 aromatic rings. The van der Waals surface area contributed by atoms with Crippen molar-refractivity contribution in [3.63, 3.8) is 0 Å². The first-order chi connectivity index (χ1) is 10.9. The molecule has 4 rings (SSSR count). The standard InChI is InChI=1S/C16H22N4O2/c1-2-9-20(8-1)13-5-3-7-19(11-13)12-15-17-16(18-22-15)14-6-4-10-21-14/h4,6,10,13H,1-3,5,7-9,11-12H2. The molecule has 118 valence electrons. The summed E-state index contributed by atoms with van der Waals surface area (Å²) in [6, 6.07) is 4.37. The second kappa shape index (κ2) is 6.22. The highest BCUT2D eigenvalue weighted by Gasteiger charge is 2.27. The van der Waals surface area contributed by atoms with E-state index in [1.54, 1.807) is 6.26 Å². The summed E-state index contributed by atoms with van der Waals surface area (Å²) in [5.74, 6) is 1.87. The van der Waals surface area contributed by atoms with Crippen molar-refractivity contribution in [2.45, 2.75) is 38.3 Å². The number of piperidine rings is 1. The van der Waals surface area contributed by atoms with E-state index in [1.165, 1.54) is 38.8 Å². The summed E-state index contributed by atoms with van der Waals surface area (Å²) in [6.07, 6.45) is 6.90. The molecule has 1 unspecified atom stereocenters. The van der Waals surface area contributed by atoms with Crippen LogP contribution in [0.3, 0.4) is 0 Å². The van der Waals surface area contributed by atoms with Crippen molar-refractivity contribution < 1.29 is 8.94 Å². The van der Waals surface area contributed by atoms with Gasteiger partial charge in [-0.3, -0.25) is 9.80 Å². The van der Waals surface area contributed by atoms with E-state index >= 15 is 0 Å². The molecule has 0 aromatic carbocycles. The normalized spacial score (nSPS) is 24.1. The number of rotatable bonds is 4. The van der Waals surface area contributed by atoms with Crippen LogP contribution in [0.15, 0.2) is 27.3 Å². The number of furan rings is 1. The van der Waals surface area contributed by atoms with Gasteiger partial charge in [0.1, 0.15) is 0 Å². The fraction of sp³-hybridized carbons (Fsp3) is 0.625.